The minimum atomic E-state index is -4.37. The Morgan fingerprint density at radius 1 is 1.29 bits per heavy atom. The molecule has 0 heterocycles. The van der Waals surface area contributed by atoms with Crippen molar-refractivity contribution in [1.29, 1.82) is 0 Å². The highest BCUT2D eigenvalue weighted by molar-refractivity contribution is 5.83. The SMILES string of the molecule is CN(CCC(F)(F)F)C(=O)N[C@H](C(=O)O)c1ccccc1. The van der Waals surface area contributed by atoms with Gasteiger partial charge in [-0.15, -0.1) is 0 Å². The lowest BCUT2D eigenvalue weighted by atomic mass is 10.1. The van der Waals surface area contributed by atoms with Crippen LogP contribution in [0.5, 0.6) is 0 Å². The van der Waals surface area contributed by atoms with Gasteiger partial charge in [0.25, 0.3) is 0 Å². The van der Waals surface area contributed by atoms with E-state index in [1.54, 1.807) is 18.2 Å². The standard InChI is InChI=1S/C13H15F3N2O3/c1-18(8-7-13(14,15)16)12(21)17-10(11(19)20)9-5-3-2-4-6-9/h2-6,10H,7-8H2,1H3,(H,17,21)(H,19,20)/t10-/m0/s1. The minimum Gasteiger partial charge on any atom is -0.479 e. The second-order valence-corrected chi connectivity index (χ2v) is 4.42. The Bertz CT molecular complexity index is 491. The molecule has 0 unspecified atom stereocenters. The average molecular weight is 304 g/mol. The first kappa shape index (κ1) is 16.8. The number of hydrogen-bond donors (Lipinski definition) is 2. The molecule has 0 aliphatic rings. The molecular weight excluding hydrogens is 289 g/mol. The summed E-state index contributed by atoms with van der Waals surface area (Å²) in [5, 5.41) is 11.3. The fourth-order valence-electron chi connectivity index (χ4n) is 1.56. The molecule has 1 rings (SSSR count). The number of amides is 2. The topological polar surface area (TPSA) is 69.6 Å². The molecule has 1 aromatic carbocycles. The number of carboxylic acid groups (broad SMARTS) is 1. The molecule has 2 amide bonds. The number of benzene rings is 1. The molecule has 0 spiro atoms. The molecule has 0 aliphatic heterocycles. The lowest BCUT2D eigenvalue weighted by Gasteiger charge is -2.22. The number of nitrogens with zero attached hydrogens (tertiary/aromatic N) is 1. The zero-order valence-electron chi connectivity index (χ0n) is 11.2. The molecule has 1 atom stereocenters. The van der Waals surface area contributed by atoms with Crippen molar-refractivity contribution in [2.24, 2.45) is 0 Å². The fraction of sp³-hybridized carbons (Fsp3) is 0.385. The number of carboxylic acids is 1. The summed E-state index contributed by atoms with van der Waals surface area (Å²) in [7, 11) is 1.17. The number of nitrogens with one attached hydrogen (secondary N) is 1. The van der Waals surface area contributed by atoms with Gasteiger partial charge in [-0.05, 0) is 5.56 Å². The van der Waals surface area contributed by atoms with Crippen molar-refractivity contribution in [3.8, 4) is 0 Å². The maximum atomic E-state index is 12.1. The van der Waals surface area contributed by atoms with Gasteiger partial charge in [0.15, 0.2) is 6.04 Å². The predicted molar refractivity (Wildman–Crippen MR) is 68.7 cm³/mol. The van der Waals surface area contributed by atoms with Crippen LogP contribution < -0.4 is 5.32 Å². The molecule has 116 valence electrons. The molecule has 0 fully saturated rings. The van der Waals surface area contributed by atoms with Crippen LogP contribution in [0.1, 0.15) is 18.0 Å². The van der Waals surface area contributed by atoms with Gasteiger partial charge in [-0.3, -0.25) is 0 Å². The largest absolute Gasteiger partial charge is 0.479 e. The normalized spacial score (nSPS) is 12.6. The zero-order chi connectivity index (χ0) is 16.0. The summed E-state index contributed by atoms with van der Waals surface area (Å²) < 4.78 is 36.2. The van der Waals surface area contributed by atoms with Crippen LogP contribution in [0.3, 0.4) is 0 Å². The Hall–Kier alpha value is -2.25. The Morgan fingerprint density at radius 3 is 2.33 bits per heavy atom. The smallest absolute Gasteiger partial charge is 0.390 e. The van der Waals surface area contributed by atoms with Crippen molar-refractivity contribution in [2.75, 3.05) is 13.6 Å². The van der Waals surface area contributed by atoms with Crippen molar-refractivity contribution in [3.63, 3.8) is 0 Å². The van der Waals surface area contributed by atoms with Crippen LogP contribution >= 0.6 is 0 Å². The number of aliphatic carboxylic acids is 1. The van der Waals surface area contributed by atoms with Crippen LogP contribution in [-0.2, 0) is 4.79 Å². The summed E-state index contributed by atoms with van der Waals surface area (Å²) in [4.78, 5) is 23.7. The van der Waals surface area contributed by atoms with Crippen molar-refractivity contribution >= 4 is 12.0 Å². The summed E-state index contributed by atoms with van der Waals surface area (Å²) >= 11 is 0. The maximum Gasteiger partial charge on any atom is 0.390 e. The van der Waals surface area contributed by atoms with Gasteiger partial charge >= 0.3 is 18.2 Å². The van der Waals surface area contributed by atoms with Gasteiger partial charge in [0.05, 0.1) is 6.42 Å². The molecule has 0 saturated carbocycles. The number of alkyl halides is 3. The summed E-state index contributed by atoms with van der Waals surface area (Å²) in [6.07, 6.45) is -5.53. The number of halogens is 3. The number of hydrogen-bond acceptors (Lipinski definition) is 2. The molecule has 0 radical (unpaired) electrons. The molecule has 2 N–H and O–H groups in total. The molecule has 0 aromatic heterocycles. The third-order valence-electron chi connectivity index (χ3n) is 2.73. The third kappa shape index (κ3) is 5.72. The highest BCUT2D eigenvalue weighted by Gasteiger charge is 2.29. The first-order chi connectivity index (χ1) is 9.70. The van der Waals surface area contributed by atoms with E-state index in [1.165, 1.54) is 19.2 Å². The highest BCUT2D eigenvalue weighted by Crippen LogP contribution is 2.19. The van der Waals surface area contributed by atoms with E-state index in [9.17, 15) is 22.8 Å². The van der Waals surface area contributed by atoms with Crippen LogP contribution in [0.4, 0.5) is 18.0 Å². The minimum absolute atomic E-state index is 0.336. The van der Waals surface area contributed by atoms with Gasteiger partial charge < -0.3 is 15.3 Å². The van der Waals surface area contributed by atoms with Crippen molar-refractivity contribution < 1.29 is 27.9 Å². The summed E-state index contributed by atoms with van der Waals surface area (Å²) in [6, 6.07) is 5.71. The van der Waals surface area contributed by atoms with E-state index >= 15 is 0 Å². The monoisotopic (exact) mass is 304 g/mol. The van der Waals surface area contributed by atoms with E-state index in [0.29, 0.717) is 5.56 Å². The second kappa shape index (κ2) is 6.96. The van der Waals surface area contributed by atoms with Crippen molar-refractivity contribution in [1.82, 2.24) is 10.2 Å². The van der Waals surface area contributed by atoms with Gasteiger partial charge in [-0.1, -0.05) is 30.3 Å². The first-order valence-corrected chi connectivity index (χ1v) is 6.07. The molecule has 0 bridgehead atoms. The van der Waals surface area contributed by atoms with Crippen molar-refractivity contribution in [2.45, 2.75) is 18.6 Å². The summed E-state index contributed by atoms with van der Waals surface area (Å²) in [5.74, 6) is -1.29. The van der Waals surface area contributed by atoms with Gasteiger partial charge in [-0.25, -0.2) is 9.59 Å². The average Bonchev–Trinajstić information content (AvgIpc) is 2.41. The molecule has 8 heteroatoms. The fourth-order valence-corrected chi connectivity index (χ4v) is 1.56. The van der Waals surface area contributed by atoms with Crippen molar-refractivity contribution in [3.05, 3.63) is 35.9 Å². The predicted octanol–water partition coefficient (Wildman–Crippen LogP) is 2.41. The van der Waals surface area contributed by atoms with E-state index in [0.717, 1.165) is 4.90 Å². The zero-order valence-corrected chi connectivity index (χ0v) is 11.2. The Morgan fingerprint density at radius 2 is 1.86 bits per heavy atom. The quantitative estimate of drug-likeness (QED) is 0.877. The second-order valence-electron chi connectivity index (χ2n) is 4.42. The Balaban J connectivity index is 2.68. The van der Waals surface area contributed by atoms with Crippen LogP contribution in [0.2, 0.25) is 0 Å². The van der Waals surface area contributed by atoms with E-state index in [1.807, 2.05) is 0 Å². The van der Waals surface area contributed by atoms with E-state index in [2.05, 4.69) is 5.32 Å². The summed E-state index contributed by atoms with van der Waals surface area (Å²) in [6.45, 7) is -0.545. The summed E-state index contributed by atoms with van der Waals surface area (Å²) in [5.41, 5.74) is 0.336. The number of rotatable bonds is 5. The Kier molecular flexibility index (Phi) is 5.57. The number of carbonyl (C=O) groups excluding carboxylic acids is 1. The number of carbonyl (C=O) groups is 2. The number of urea groups is 1. The van der Waals surface area contributed by atoms with Gasteiger partial charge in [-0.2, -0.15) is 13.2 Å². The molecule has 21 heavy (non-hydrogen) atoms. The van der Waals surface area contributed by atoms with Gasteiger partial charge in [0.2, 0.25) is 0 Å². The van der Waals surface area contributed by atoms with Crippen LogP contribution in [0.15, 0.2) is 30.3 Å². The molecule has 1 aromatic rings. The van der Waals surface area contributed by atoms with E-state index < -0.39 is 37.2 Å². The lowest BCUT2D eigenvalue weighted by Crippen LogP contribution is -2.43. The van der Waals surface area contributed by atoms with Crippen LogP contribution in [0, 0.1) is 0 Å². The first-order valence-electron chi connectivity index (χ1n) is 6.07. The Labute approximate surface area is 119 Å². The highest BCUT2D eigenvalue weighted by atomic mass is 19.4. The van der Waals surface area contributed by atoms with Gasteiger partial charge in [0.1, 0.15) is 0 Å². The maximum absolute atomic E-state index is 12.1. The third-order valence-corrected chi connectivity index (χ3v) is 2.73. The molecule has 5 nitrogen and oxygen atoms in total. The lowest BCUT2D eigenvalue weighted by molar-refractivity contribution is -0.140. The molecular formula is C13H15F3N2O3. The van der Waals surface area contributed by atoms with E-state index in [-0.39, 0.29) is 0 Å². The van der Waals surface area contributed by atoms with Gasteiger partial charge in [0, 0.05) is 13.6 Å². The molecule has 0 saturated heterocycles. The molecule has 0 aliphatic carbocycles. The van der Waals surface area contributed by atoms with E-state index in [4.69, 9.17) is 5.11 Å². The van der Waals surface area contributed by atoms with Crippen LogP contribution in [0.25, 0.3) is 0 Å². The van der Waals surface area contributed by atoms with Crippen LogP contribution in [-0.4, -0.2) is 41.8 Å².